The summed E-state index contributed by atoms with van der Waals surface area (Å²) in [6, 6.07) is 19.9. The van der Waals surface area contributed by atoms with E-state index in [1.165, 1.54) is 5.69 Å². The monoisotopic (exact) mass is 338 g/mol. The predicted molar refractivity (Wildman–Crippen MR) is 100 cm³/mol. The summed E-state index contributed by atoms with van der Waals surface area (Å²) < 4.78 is 0. The van der Waals surface area contributed by atoms with Crippen LogP contribution in [0.25, 0.3) is 0 Å². The van der Waals surface area contributed by atoms with Crippen LogP contribution < -0.4 is 4.90 Å². The van der Waals surface area contributed by atoms with E-state index in [2.05, 4.69) is 17.0 Å². The van der Waals surface area contributed by atoms with Gasteiger partial charge in [-0.1, -0.05) is 48.5 Å². The number of carbonyl (C=O) groups excluding carboxylic acids is 1. The molecule has 25 heavy (non-hydrogen) atoms. The molecule has 4 nitrogen and oxygen atoms in total. The first-order valence-corrected chi connectivity index (χ1v) is 8.94. The van der Waals surface area contributed by atoms with Crippen LogP contribution in [0.3, 0.4) is 0 Å². The van der Waals surface area contributed by atoms with Crippen LogP contribution in [0.1, 0.15) is 30.9 Å². The molecule has 0 radical (unpaired) electrons. The molecule has 1 amide bonds. The third-order valence-electron chi connectivity index (χ3n) is 5.01. The van der Waals surface area contributed by atoms with Gasteiger partial charge in [-0.2, -0.15) is 0 Å². The first-order chi connectivity index (χ1) is 12.1. The van der Waals surface area contributed by atoms with Gasteiger partial charge in [0.2, 0.25) is 5.91 Å². The Hall–Kier alpha value is -2.33. The number of aliphatic hydroxyl groups is 1. The second-order valence-electron chi connectivity index (χ2n) is 6.71. The van der Waals surface area contributed by atoms with Gasteiger partial charge >= 0.3 is 0 Å². The second-order valence-corrected chi connectivity index (χ2v) is 6.71. The van der Waals surface area contributed by atoms with Crippen molar-refractivity contribution in [2.45, 2.75) is 31.4 Å². The van der Waals surface area contributed by atoms with Crippen LogP contribution in [-0.2, 0) is 4.79 Å². The van der Waals surface area contributed by atoms with Crippen molar-refractivity contribution in [3.63, 3.8) is 0 Å². The average molecular weight is 338 g/mol. The molecule has 1 N–H and O–H groups in total. The number of hydrogen-bond donors (Lipinski definition) is 1. The Kier molecular flexibility index (Phi) is 5.71. The minimum atomic E-state index is -0.745. The molecule has 3 rings (SSSR count). The van der Waals surface area contributed by atoms with Crippen molar-refractivity contribution in [3.05, 3.63) is 66.2 Å². The smallest absolute Gasteiger partial charge is 0.225 e. The van der Waals surface area contributed by atoms with Crippen LogP contribution in [0, 0.1) is 0 Å². The van der Waals surface area contributed by atoms with Crippen molar-refractivity contribution in [2.24, 2.45) is 0 Å². The summed E-state index contributed by atoms with van der Waals surface area (Å²) in [6.07, 6.45) is 1.46. The topological polar surface area (TPSA) is 43.8 Å². The average Bonchev–Trinajstić information content (AvgIpc) is 2.68. The van der Waals surface area contributed by atoms with Crippen LogP contribution in [0.2, 0.25) is 0 Å². The summed E-state index contributed by atoms with van der Waals surface area (Å²) >= 11 is 0. The fraction of sp³-hybridized carbons (Fsp3) is 0.381. The maximum Gasteiger partial charge on any atom is 0.225 e. The molecule has 1 heterocycles. The SMILES string of the molecule is CN(C(=O)CC(O)c1ccccc1)C1CCCN(c2ccccc2)C1. The largest absolute Gasteiger partial charge is 0.388 e. The maximum atomic E-state index is 12.6. The molecule has 0 bridgehead atoms. The van der Waals surface area contributed by atoms with Gasteiger partial charge in [0.15, 0.2) is 0 Å². The van der Waals surface area contributed by atoms with Crippen molar-refractivity contribution in [2.75, 3.05) is 25.0 Å². The van der Waals surface area contributed by atoms with Gasteiger partial charge in [0.05, 0.1) is 12.5 Å². The zero-order chi connectivity index (χ0) is 17.6. The van der Waals surface area contributed by atoms with Gasteiger partial charge in [-0.25, -0.2) is 0 Å². The van der Waals surface area contributed by atoms with Crippen molar-refractivity contribution in [1.82, 2.24) is 4.90 Å². The first kappa shape index (κ1) is 17.5. The lowest BCUT2D eigenvalue weighted by Gasteiger charge is -2.39. The minimum Gasteiger partial charge on any atom is -0.388 e. The molecular weight excluding hydrogens is 312 g/mol. The lowest BCUT2D eigenvalue weighted by Crippen LogP contribution is -2.48. The van der Waals surface area contributed by atoms with E-state index in [1.54, 1.807) is 0 Å². The van der Waals surface area contributed by atoms with E-state index in [0.717, 1.165) is 31.5 Å². The molecule has 2 unspecified atom stereocenters. The molecule has 4 heteroatoms. The fourth-order valence-corrected chi connectivity index (χ4v) is 3.45. The van der Waals surface area contributed by atoms with Crippen LogP contribution in [0.4, 0.5) is 5.69 Å². The number of nitrogens with zero attached hydrogens (tertiary/aromatic N) is 2. The van der Waals surface area contributed by atoms with E-state index in [0.29, 0.717) is 0 Å². The van der Waals surface area contributed by atoms with E-state index in [1.807, 2.05) is 60.5 Å². The highest BCUT2D eigenvalue weighted by atomic mass is 16.3. The maximum absolute atomic E-state index is 12.6. The van der Waals surface area contributed by atoms with E-state index < -0.39 is 6.10 Å². The Morgan fingerprint density at radius 2 is 1.80 bits per heavy atom. The first-order valence-electron chi connectivity index (χ1n) is 8.94. The van der Waals surface area contributed by atoms with Gasteiger partial charge in [0, 0.05) is 31.9 Å². The Bertz CT molecular complexity index is 675. The van der Waals surface area contributed by atoms with Gasteiger partial charge in [-0.15, -0.1) is 0 Å². The minimum absolute atomic E-state index is 0.00346. The number of rotatable bonds is 5. The Morgan fingerprint density at radius 3 is 2.48 bits per heavy atom. The van der Waals surface area contributed by atoms with Gasteiger partial charge < -0.3 is 14.9 Å². The third kappa shape index (κ3) is 4.40. The molecule has 2 atom stereocenters. The molecule has 0 spiro atoms. The molecule has 132 valence electrons. The predicted octanol–water partition coefficient (Wildman–Crippen LogP) is 3.24. The summed E-state index contributed by atoms with van der Waals surface area (Å²) in [5, 5.41) is 10.3. The van der Waals surface area contributed by atoms with Crippen molar-refractivity contribution >= 4 is 11.6 Å². The number of piperidine rings is 1. The normalized spacial score (nSPS) is 18.6. The van der Waals surface area contributed by atoms with Gasteiger partial charge in [-0.05, 0) is 30.5 Å². The van der Waals surface area contributed by atoms with Crippen LogP contribution in [-0.4, -0.2) is 42.1 Å². The zero-order valence-electron chi connectivity index (χ0n) is 14.7. The summed E-state index contributed by atoms with van der Waals surface area (Å²) in [4.78, 5) is 16.8. The highest BCUT2D eigenvalue weighted by Gasteiger charge is 2.27. The number of anilines is 1. The van der Waals surface area contributed by atoms with Crippen LogP contribution >= 0.6 is 0 Å². The molecule has 0 saturated carbocycles. The van der Waals surface area contributed by atoms with Gasteiger partial charge in [0.25, 0.3) is 0 Å². The molecule has 1 fully saturated rings. The van der Waals surface area contributed by atoms with Crippen molar-refractivity contribution < 1.29 is 9.90 Å². The quantitative estimate of drug-likeness (QED) is 0.910. The number of carbonyl (C=O) groups is 1. The molecule has 1 aliphatic rings. The number of hydrogen-bond acceptors (Lipinski definition) is 3. The highest BCUT2D eigenvalue weighted by Crippen LogP contribution is 2.23. The van der Waals surface area contributed by atoms with Crippen LogP contribution in [0.5, 0.6) is 0 Å². The standard InChI is InChI=1S/C21H26N2O2/c1-22(21(25)15-20(24)17-9-4-2-5-10-17)19-13-8-14-23(16-19)18-11-6-3-7-12-18/h2-7,9-12,19-20,24H,8,13-16H2,1H3. The molecule has 0 aromatic heterocycles. The molecule has 1 saturated heterocycles. The summed E-state index contributed by atoms with van der Waals surface area (Å²) in [6.45, 7) is 1.86. The van der Waals surface area contributed by atoms with E-state index in [-0.39, 0.29) is 18.4 Å². The highest BCUT2D eigenvalue weighted by molar-refractivity contribution is 5.77. The summed E-state index contributed by atoms with van der Waals surface area (Å²) in [7, 11) is 1.86. The molecule has 1 aliphatic heterocycles. The summed E-state index contributed by atoms with van der Waals surface area (Å²) in [5.41, 5.74) is 2.00. The Labute approximate surface area is 149 Å². The van der Waals surface area contributed by atoms with E-state index in [9.17, 15) is 9.90 Å². The Morgan fingerprint density at radius 1 is 1.16 bits per heavy atom. The lowest BCUT2D eigenvalue weighted by atomic mass is 10.0. The number of para-hydroxylation sites is 1. The van der Waals surface area contributed by atoms with Crippen LogP contribution in [0.15, 0.2) is 60.7 Å². The van der Waals surface area contributed by atoms with E-state index >= 15 is 0 Å². The van der Waals surface area contributed by atoms with Gasteiger partial charge in [-0.3, -0.25) is 4.79 Å². The molecule has 2 aromatic rings. The molecule has 0 aliphatic carbocycles. The van der Waals surface area contributed by atoms with Gasteiger partial charge in [0.1, 0.15) is 0 Å². The number of likely N-dealkylation sites (N-methyl/N-ethyl adjacent to an activating group) is 1. The lowest BCUT2D eigenvalue weighted by molar-refractivity contribution is -0.134. The summed E-state index contributed by atoms with van der Waals surface area (Å²) in [5.74, 6) is -0.00346. The zero-order valence-corrected chi connectivity index (χ0v) is 14.7. The second kappa shape index (κ2) is 8.17. The van der Waals surface area contributed by atoms with Crippen molar-refractivity contribution in [1.29, 1.82) is 0 Å². The number of aliphatic hydroxyl groups excluding tert-OH is 1. The number of amides is 1. The molecule has 2 aromatic carbocycles. The fourth-order valence-electron chi connectivity index (χ4n) is 3.45. The number of benzene rings is 2. The Balaban J connectivity index is 1.60. The third-order valence-corrected chi connectivity index (χ3v) is 5.01. The van der Waals surface area contributed by atoms with Crippen molar-refractivity contribution in [3.8, 4) is 0 Å². The molecular formula is C21H26N2O2. The van der Waals surface area contributed by atoms with E-state index in [4.69, 9.17) is 0 Å².